The standard InChI is InChI=1S/C11H11BrF3NO4/c1-19-9-4-7(6-12)8(16(17)18)5-10(9)20-3-2-11(13,14)15/h4-5H,2-3,6H2,1H3. The minimum absolute atomic E-state index is 0.0897. The molecule has 5 nitrogen and oxygen atoms in total. The molecule has 0 aliphatic heterocycles. The van der Waals surface area contributed by atoms with Crippen molar-refractivity contribution in [3.8, 4) is 11.5 Å². The Hall–Kier alpha value is -1.51. The molecule has 0 fully saturated rings. The molecule has 1 rings (SSSR count). The van der Waals surface area contributed by atoms with E-state index in [0.717, 1.165) is 6.07 Å². The zero-order valence-electron chi connectivity index (χ0n) is 10.4. The summed E-state index contributed by atoms with van der Waals surface area (Å²) in [6, 6.07) is 2.42. The van der Waals surface area contributed by atoms with Crippen LogP contribution in [-0.2, 0) is 5.33 Å². The minimum Gasteiger partial charge on any atom is -0.493 e. The second-order valence-electron chi connectivity index (χ2n) is 3.74. The maximum Gasteiger partial charge on any atom is 0.392 e. The topological polar surface area (TPSA) is 61.6 Å². The number of ether oxygens (including phenoxy) is 2. The van der Waals surface area contributed by atoms with Crippen molar-refractivity contribution in [3.63, 3.8) is 0 Å². The van der Waals surface area contributed by atoms with Crippen molar-refractivity contribution in [2.45, 2.75) is 17.9 Å². The highest BCUT2D eigenvalue weighted by Crippen LogP contribution is 2.36. The Morgan fingerprint density at radius 1 is 1.35 bits per heavy atom. The molecule has 0 amide bonds. The van der Waals surface area contributed by atoms with Gasteiger partial charge in [-0.05, 0) is 6.07 Å². The molecule has 0 saturated heterocycles. The van der Waals surface area contributed by atoms with Crippen LogP contribution in [0, 0.1) is 10.1 Å². The summed E-state index contributed by atoms with van der Waals surface area (Å²) in [5.74, 6) is 0.0559. The molecule has 0 aliphatic carbocycles. The number of nitro benzene ring substituents is 1. The van der Waals surface area contributed by atoms with E-state index in [2.05, 4.69) is 15.9 Å². The monoisotopic (exact) mass is 357 g/mol. The highest BCUT2D eigenvalue weighted by molar-refractivity contribution is 9.08. The number of benzene rings is 1. The second kappa shape index (κ2) is 6.78. The van der Waals surface area contributed by atoms with Gasteiger partial charge in [-0.15, -0.1) is 0 Å². The van der Waals surface area contributed by atoms with E-state index in [1.54, 1.807) is 0 Å². The van der Waals surface area contributed by atoms with Crippen LogP contribution in [0.2, 0.25) is 0 Å². The first kappa shape index (κ1) is 16.5. The number of methoxy groups -OCH3 is 1. The lowest BCUT2D eigenvalue weighted by Crippen LogP contribution is -2.13. The van der Waals surface area contributed by atoms with Crippen LogP contribution in [-0.4, -0.2) is 24.8 Å². The molecule has 0 spiro atoms. The summed E-state index contributed by atoms with van der Waals surface area (Å²) in [5.41, 5.74) is 0.0969. The van der Waals surface area contributed by atoms with Crippen molar-refractivity contribution in [2.75, 3.05) is 13.7 Å². The van der Waals surface area contributed by atoms with E-state index in [1.807, 2.05) is 0 Å². The van der Waals surface area contributed by atoms with Crippen LogP contribution in [0.3, 0.4) is 0 Å². The van der Waals surface area contributed by atoms with Gasteiger partial charge in [-0.2, -0.15) is 13.2 Å². The molecule has 0 heterocycles. The zero-order valence-corrected chi connectivity index (χ0v) is 12.0. The Kier molecular flexibility index (Phi) is 5.61. The SMILES string of the molecule is COc1cc(CBr)c([N+](=O)[O-])cc1OCCC(F)(F)F. The van der Waals surface area contributed by atoms with Gasteiger partial charge in [0.2, 0.25) is 0 Å². The average molecular weight is 358 g/mol. The number of rotatable bonds is 6. The van der Waals surface area contributed by atoms with Gasteiger partial charge in [-0.25, -0.2) is 0 Å². The third kappa shape index (κ3) is 4.55. The largest absolute Gasteiger partial charge is 0.493 e. The highest BCUT2D eigenvalue weighted by atomic mass is 79.9. The van der Waals surface area contributed by atoms with Crippen LogP contribution in [0.25, 0.3) is 0 Å². The maximum atomic E-state index is 12.0. The molecule has 9 heteroatoms. The van der Waals surface area contributed by atoms with Crippen molar-refractivity contribution in [1.82, 2.24) is 0 Å². The van der Waals surface area contributed by atoms with Crippen molar-refractivity contribution in [2.24, 2.45) is 0 Å². The number of nitrogens with zero attached hydrogens (tertiary/aromatic N) is 1. The van der Waals surface area contributed by atoms with Gasteiger partial charge in [0, 0.05) is 10.9 Å². The highest BCUT2D eigenvalue weighted by Gasteiger charge is 2.27. The molecule has 1 aromatic rings. The van der Waals surface area contributed by atoms with Crippen molar-refractivity contribution in [1.29, 1.82) is 0 Å². The van der Waals surface area contributed by atoms with E-state index >= 15 is 0 Å². The van der Waals surface area contributed by atoms with E-state index in [-0.39, 0.29) is 22.5 Å². The summed E-state index contributed by atoms with van der Waals surface area (Å²) in [4.78, 5) is 10.2. The van der Waals surface area contributed by atoms with Crippen LogP contribution in [0.4, 0.5) is 18.9 Å². The molecule has 0 radical (unpaired) electrons. The lowest BCUT2D eigenvalue weighted by Gasteiger charge is -2.13. The average Bonchev–Trinajstić information content (AvgIpc) is 2.36. The van der Waals surface area contributed by atoms with Gasteiger partial charge in [0.15, 0.2) is 11.5 Å². The number of nitro groups is 1. The van der Waals surface area contributed by atoms with E-state index in [4.69, 9.17) is 9.47 Å². The number of hydrogen-bond donors (Lipinski definition) is 0. The minimum atomic E-state index is -4.35. The van der Waals surface area contributed by atoms with Crippen LogP contribution in [0.5, 0.6) is 11.5 Å². The zero-order chi connectivity index (χ0) is 15.3. The van der Waals surface area contributed by atoms with Gasteiger partial charge in [0.25, 0.3) is 5.69 Å². The lowest BCUT2D eigenvalue weighted by atomic mass is 10.2. The predicted molar refractivity (Wildman–Crippen MR) is 68.4 cm³/mol. The molecule has 20 heavy (non-hydrogen) atoms. The molecule has 0 bridgehead atoms. The molecule has 0 unspecified atom stereocenters. The fourth-order valence-electron chi connectivity index (χ4n) is 1.42. The van der Waals surface area contributed by atoms with Crippen LogP contribution < -0.4 is 9.47 Å². The van der Waals surface area contributed by atoms with E-state index in [0.29, 0.717) is 5.56 Å². The Labute approximate surface area is 121 Å². The fraction of sp³-hybridized carbons (Fsp3) is 0.455. The van der Waals surface area contributed by atoms with Crippen LogP contribution in [0.1, 0.15) is 12.0 Å². The maximum absolute atomic E-state index is 12.0. The Morgan fingerprint density at radius 2 is 2.00 bits per heavy atom. The lowest BCUT2D eigenvalue weighted by molar-refractivity contribution is -0.385. The summed E-state index contributed by atoms with van der Waals surface area (Å²) in [6.45, 7) is -0.634. The molecule has 112 valence electrons. The Balaban J connectivity index is 2.99. The van der Waals surface area contributed by atoms with E-state index in [1.165, 1.54) is 13.2 Å². The third-order valence-electron chi connectivity index (χ3n) is 2.35. The van der Waals surface area contributed by atoms with Gasteiger partial charge in [-0.1, -0.05) is 15.9 Å². The molecular weight excluding hydrogens is 347 g/mol. The normalized spacial score (nSPS) is 11.2. The number of hydrogen-bond acceptors (Lipinski definition) is 4. The molecular formula is C11H11BrF3NO4. The summed E-state index contributed by atoms with van der Waals surface area (Å²) < 4.78 is 46.0. The number of halogens is 4. The first-order valence-corrected chi connectivity index (χ1v) is 6.51. The van der Waals surface area contributed by atoms with Gasteiger partial charge in [-0.3, -0.25) is 10.1 Å². The van der Waals surface area contributed by atoms with Crippen molar-refractivity contribution in [3.05, 3.63) is 27.8 Å². The second-order valence-corrected chi connectivity index (χ2v) is 4.30. The van der Waals surface area contributed by atoms with Gasteiger partial charge < -0.3 is 9.47 Å². The summed E-state index contributed by atoms with van der Waals surface area (Å²) in [7, 11) is 1.30. The molecule has 0 saturated carbocycles. The molecule has 0 atom stereocenters. The molecule has 0 N–H and O–H groups in total. The predicted octanol–water partition coefficient (Wildman–Crippen LogP) is 3.83. The summed E-state index contributed by atoms with van der Waals surface area (Å²) >= 11 is 3.09. The number of alkyl halides is 4. The molecule has 0 aromatic heterocycles. The molecule has 1 aromatic carbocycles. The first-order chi connectivity index (χ1) is 9.28. The van der Waals surface area contributed by atoms with Crippen LogP contribution >= 0.6 is 15.9 Å². The van der Waals surface area contributed by atoms with Gasteiger partial charge in [0.1, 0.15) is 0 Å². The van der Waals surface area contributed by atoms with Crippen LogP contribution in [0.15, 0.2) is 12.1 Å². The Morgan fingerprint density at radius 3 is 2.45 bits per heavy atom. The van der Waals surface area contributed by atoms with E-state index in [9.17, 15) is 23.3 Å². The first-order valence-electron chi connectivity index (χ1n) is 5.39. The third-order valence-corrected chi connectivity index (χ3v) is 2.95. The summed E-state index contributed by atoms with van der Waals surface area (Å²) in [5, 5.41) is 11.1. The smallest absolute Gasteiger partial charge is 0.392 e. The van der Waals surface area contributed by atoms with E-state index < -0.39 is 24.1 Å². The van der Waals surface area contributed by atoms with Crippen molar-refractivity contribution >= 4 is 21.6 Å². The quantitative estimate of drug-likeness (QED) is 0.441. The van der Waals surface area contributed by atoms with Gasteiger partial charge in [0.05, 0.1) is 31.1 Å². The van der Waals surface area contributed by atoms with Crippen molar-refractivity contribution < 1.29 is 27.6 Å². The Bertz CT molecular complexity index is 493. The molecule has 0 aliphatic rings. The summed E-state index contributed by atoms with van der Waals surface area (Å²) in [6.07, 6.45) is -5.50. The van der Waals surface area contributed by atoms with Gasteiger partial charge >= 0.3 is 6.18 Å². The fourth-order valence-corrected chi connectivity index (χ4v) is 1.87.